The van der Waals surface area contributed by atoms with E-state index in [9.17, 15) is 4.79 Å². The van der Waals surface area contributed by atoms with Crippen molar-refractivity contribution in [3.8, 4) is 0 Å². The largest absolute Gasteiger partial charge is 0.323 e. The summed E-state index contributed by atoms with van der Waals surface area (Å²) in [5.74, 6) is 0. The van der Waals surface area contributed by atoms with Gasteiger partial charge in [0.2, 0.25) is 0 Å². The Morgan fingerprint density at radius 1 is 1.70 bits per heavy atom. The Bertz CT molecular complexity index is 206. The van der Waals surface area contributed by atoms with Crippen LogP contribution < -0.4 is 10.6 Å². The molecule has 0 saturated carbocycles. The number of hydrogen-bond acceptors (Lipinski definition) is 1. The molecule has 0 bridgehead atoms. The van der Waals surface area contributed by atoms with Crippen LogP contribution in [0.2, 0.25) is 0 Å². The van der Waals surface area contributed by atoms with Gasteiger partial charge in [-0.25, -0.2) is 4.79 Å². The van der Waals surface area contributed by atoms with Gasteiger partial charge in [0.05, 0.1) is 0 Å². The highest BCUT2D eigenvalue weighted by atomic mass is 16.2. The smallest absolute Gasteiger partial charge is 0.314 e. The average molecular weight is 138 g/mol. The van der Waals surface area contributed by atoms with Gasteiger partial charge in [-0.15, -0.1) is 0 Å². The highest BCUT2D eigenvalue weighted by Crippen LogP contribution is 2.09. The van der Waals surface area contributed by atoms with Crippen LogP contribution >= 0.6 is 0 Å². The van der Waals surface area contributed by atoms with Gasteiger partial charge in [0.1, 0.15) is 0 Å². The number of carbonyl (C=O) groups excluding carboxylic acids is 1. The molecule has 3 nitrogen and oxygen atoms in total. The molecule has 10 heavy (non-hydrogen) atoms. The summed E-state index contributed by atoms with van der Waals surface area (Å²) in [5, 5.41) is 5.11. The molecular weight excluding hydrogens is 128 g/mol. The molecule has 2 amide bonds. The van der Waals surface area contributed by atoms with E-state index >= 15 is 0 Å². The van der Waals surface area contributed by atoms with Crippen molar-refractivity contribution in [3.05, 3.63) is 24.0 Å². The van der Waals surface area contributed by atoms with Crippen LogP contribution in [0.25, 0.3) is 0 Å². The molecule has 0 spiro atoms. The Balaban J connectivity index is 2.75. The van der Waals surface area contributed by atoms with E-state index in [0.717, 1.165) is 12.0 Å². The van der Waals surface area contributed by atoms with Crippen molar-refractivity contribution in [2.45, 2.75) is 13.3 Å². The summed E-state index contributed by atoms with van der Waals surface area (Å²) < 4.78 is 0. The molecule has 1 aliphatic rings. The van der Waals surface area contributed by atoms with Crippen LogP contribution in [0, 0.1) is 0 Å². The summed E-state index contributed by atoms with van der Waals surface area (Å²) >= 11 is 0. The van der Waals surface area contributed by atoms with Crippen molar-refractivity contribution >= 4 is 6.03 Å². The van der Waals surface area contributed by atoms with Crippen LogP contribution in [-0.2, 0) is 0 Å². The van der Waals surface area contributed by atoms with Crippen LogP contribution in [0.1, 0.15) is 13.3 Å². The Morgan fingerprint density at radius 2 is 2.40 bits per heavy atom. The summed E-state index contributed by atoms with van der Waals surface area (Å²) in [6, 6.07) is -0.206. The van der Waals surface area contributed by atoms with Crippen molar-refractivity contribution in [2.24, 2.45) is 0 Å². The van der Waals surface area contributed by atoms with Crippen molar-refractivity contribution in [1.82, 2.24) is 10.6 Å². The Labute approximate surface area is 59.8 Å². The molecule has 0 aromatic heterocycles. The maximum atomic E-state index is 10.6. The van der Waals surface area contributed by atoms with Gasteiger partial charge in [-0.1, -0.05) is 13.5 Å². The lowest BCUT2D eigenvalue weighted by Gasteiger charge is -2.15. The molecule has 0 unspecified atom stereocenters. The molecule has 0 saturated heterocycles. The molecule has 1 rings (SSSR count). The quantitative estimate of drug-likeness (QED) is 0.559. The SMILES string of the molecule is C=C1NC(=O)NC=C1CC. The fourth-order valence-electron chi connectivity index (χ4n) is 0.809. The number of nitrogens with one attached hydrogen (secondary N) is 2. The second kappa shape index (κ2) is 2.56. The second-order valence-corrected chi connectivity index (χ2v) is 2.10. The minimum Gasteiger partial charge on any atom is -0.314 e. The standard InChI is InChI=1S/C7H10N2O/c1-3-6-4-8-7(10)9-5(6)2/h4H,2-3H2,1H3,(H2,8,9,10). The van der Waals surface area contributed by atoms with Gasteiger partial charge < -0.3 is 10.6 Å². The van der Waals surface area contributed by atoms with E-state index in [4.69, 9.17) is 0 Å². The van der Waals surface area contributed by atoms with E-state index < -0.39 is 0 Å². The van der Waals surface area contributed by atoms with Crippen molar-refractivity contribution in [1.29, 1.82) is 0 Å². The monoisotopic (exact) mass is 138 g/mol. The van der Waals surface area contributed by atoms with Gasteiger partial charge in [-0.2, -0.15) is 0 Å². The van der Waals surface area contributed by atoms with E-state index in [1.807, 2.05) is 6.92 Å². The normalized spacial score (nSPS) is 17.5. The first-order valence-electron chi connectivity index (χ1n) is 3.20. The summed E-state index contributed by atoms with van der Waals surface area (Å²) in [7, 11) is 0. The highest BCUT2D eigenvalue weighted by Gasteiger charge is 2.09. The van der Waals surface area contributed by atoms with E-state index in [-0.39, 0.29) is 6.03 Å². The third kappa shape index (κ3) is 1.18. The molecule has 54 valence electrons. The minimum atomic E-state index is -0.206. The zero-order valence-electron chi connectivity index (χ0n) is 5.90. The molecule has 0 aromatic rings. The number of rotatable bonds is 1. The third-order valence-corrected chi connectivity index (χ3v) is 1.41. The maximum Gasteiger partial charge on any atom is 0.323 e. The first-order valence-corrected chi connectivity index (χ1v) is 3.20. The van der Waals surface area contributed by atoms with Gasteiger partial charge in [0, 0.05) is 11.9 Å². The zero-order chi connectivity index (χ0) is 7.56. The van der Waals surface area contributed by atoms with Crippen molar-refractivity contribution < 1.29 is 4.79 Å². The number of urea groups is 1. The lowest BCUT2D eigenvalue weighted by atomic mass is 10.1. The third-order valence-electron chi connectivity index (χ3n) is 1.41. The fourth-order valence-corrected chi connectivity index (χ4v) is 0.809. The van der Waals surface area contributed by atoms with E-state index in [1.165, 1.54) is 0 Å². The molecule has 0 fully saturated rings. The van der Waals surface area contributed by atoms with Gasteiger partial charge >= 0.3 is 6.03 Å². The molecule has 3 heteroatoms. The van der Waals surface area contributed by atoms with Gasteiger partial charge in [-0.05, 0) is 12.0 Å². The topological polar surface area (TPSA) is 41.1 Å². The first kappa shape index (κ1) is 6.86. The molecule has 0 aromatic carbocycles. The number of allylic oxidation sites excluding steroid dienone is 1. The number of amides is 2. The predicted molar refractivity (Wildman–Crippen MR) is 39.2 cm³/mol. The van der Waals surface area contributed by atoms with Crippen LogP contribution in [0.3, 0.4) is 0 Å². The zero-order valence-corrected chi connectivity index (χ0v) is 5.90. The Kier molecular flexibility index (Phi) is 1.76. The molecule has 1 aliphatic heterocycles. The Hall–Kier alpha value is -1.25. The van der Waals surface area contributed by atoms with Crippen LogP contribution in [0.4, 0.5) is 4.79 Å². The van der Waals surface area contributed by atoms with Crippen LogP contribution in [0.5, 0.6) is 0 Å². The number of hydrogen-bond donors (Lipinski definition) is 2. The molecule has 0 radical (unpaired) electrons. The van der Waals surface area contributed by atoms with Gasteiger partial charge in [-0.3, -0.25) is 0 Å². The summed E-state index contributed by atoms with van der Waals surface area (Å²) in [5.41, 5.74) is 1.74. The minimum absolute atomic E-state index is 0.206. The predicted octanol–water partition coefficient (Wildman–Crippen LogP) is 1.11. The maximum absolute atomic E-state index is 10.6. The van der Waals surface area contributed by atoms with Crippen molar-refractivity contribution in [2.75, 3.05) is 0 Å². The summed E-state index contributed by atoms with van der Waals surface area (Å²) in [6.45, 7) is 5.69. The van der Waals surface area contributed by atoms with Gasteiger partial charge in [0.15, 0.2) is 0 Å². The first-order chi connectivity index (χ1) is 4.74. The van der Waals surface area contributed by atoms with Crippen molar-refractivity contribution in [3.63, 3.8) is 0 Å². The van der Waals surface area contributed by atoms with E-state index in [1.54, 1.807) is 6.20 Å². The summed E-state index contributed by atoms with van der Waals surface area (Å²) in [6.07, 6.45) is 2.56. The molecular formula is C7H10N2O. The van der Waals surface area contributed by atoms with E-state index in [2.05, 4.69) is 17.2 Å². The van der Waals surface area contributed by atoms with Crippen LogP contribution in [-0.4, -0.2) is 6.03 Å². The van der Waals surface area contributed by atoms with Gasteiger partial charge in [0.25, 0.3) is 0 Å². The number of carbonyl (C=O) groups is 1. The highest BCUT2D eigenvalue weighted by molar-refractivity contribution is 5.79. The molecule has 1 heterocycles. The molecule has 2 N–H and O–H groups in total. The average Bonchev–Trinajstić information content (AvgIpc) is 1.88. The molecule has 0 atom stereocenters. The van der Waals surface area contributed by atoms with E-state index in [0.29, 0.717) is 5.70 Å². The lowest BCUT2D eigenvalue weighted by molar-refractivity contribution is 0.245. The second-order valence-electron chi connectivity index (χ2n) is 2.10. The lowest BCUT2D eigenvalue weighted by Crippen LogP contribution is -2.36. The Morgan fingerprint density at radius 3 is 2.90 bits per heavy atom. The fraction of sp³-hybridized carbons (Fsp3) is 0.286. The molecule has 0 aliphatic carbocycles. The van der Waals surface area contributed by atoms with Crippen LogP contribution in [0.15, 0.2) is 24.0 Å². The summed E-state index contributed by atoms with van der Waals surface area (Å²) in [4.78, 5) is 10.6.